The predicted octanol–water partition coefficient (Wildman–Crippen LogP) is 4.97. The van der Waals surface area contributed by atoms with Gasteiger partial charge in [0.1, 0.15) is 11.8 Å². The minimum atomic E-state index is -0.494. The van der Waals surface area contributed by atoms with Gasteiger partial charge in [0, 0.05) is 50.4 Å². The maximum atomic E-state index is 13.9. The summed E-state index contributed by atoms with van der Waals surface area (Å²) in [7, 11) is 0. The van der Waals surface area contributed by atoms with Crippen LogP contribution >= 0.6 is 0 Å². The second-order valence-electron chi connectivity index (χ2n) is 12.4. The van der Waals surface area contributed by atoms with E-state index in [1.165, 1.54) is 5.56 Å². The minimum Gasteiger partial charge on any atom is -0.467 e. The zero-order chi connectivity index (χ0) is 28.8. The lowest BCUT2D eigenvalue weighted by molar-refractivity contribution is -0.131. The molecule has 7 rings (SSSR count). The van der Waals surface area contributed by atoms with Crippen LogP contribution in [0.5, 0.6) is 11.5 Å². The van der Waals surface area contributed by atoms with Crippen LogP contribution in [0.4, 0.5) is 11.4 Å². The molecule has 1 aliphatic carbocycles. The zero-order valence-corrected chi connectivity index (χ0v) is 24.1. The molecule has 1 atom stereocenters. The van der Waals surface area contributed by atoms with E-state index in [9.17, 15) is 9.59 Å². The molecule has 1 saturated heterocycles. The van der Waals surface area contributed by atoms with Crippen LogP contribution in [0.1, 0.15) is 44.1 Å². The molecule has 3 aliphatic heterocycles. The third-order valence-corrected chi connectivity index (χ3v) is 8.69. The van der Waals surface area contributed by atoms with E-state index in [4.69, 9.17) is 13.9 Å². The van der Waals surface area contributed by atoms with Gasteiger partial charge in [0.15, 0.2) is 17.3 Å². The summed E-state index contributed by atoms with van der Waals surface area (Å²) in [5, 5.41) is 3.59. The molecule has 0 radical (unpaired) electrons. The van der Waals surface area contributed by atoms with Gasteiger partial charge < -0.3 is 29.0 Å². The number of hydrogen-bond donors (Lipinski definition) is 1. The van der Waals surface area contributed by atoms with Crippen LogP contribution in [-0.2, 0) is 16.1 Å². The summed E-state index contributed by atoms with van der Waals surface area (Å²) in [6.45, 7) is 8.30. The smallest absolute Gasteiger partial charge is 0.242 e. The van der Waals surface area contributed by atoms with Crippen LogP contribution in [0.15, 0.2) is 76.5 Å². The number of nitrogens with one attached hydrogen (secondary N) is 1. The Balaban J connectivity index is 1.12. The van der Waals surface area contributed by atoms with Gasteiger partial charge in [-0.05, 0) is 53.8 Å². The number of allylic oxidation sites excluding steroid dienone is 1. The third-order valence-electron chi connectivity index (χ3n) is 8.69. The molecule has 0 spiro atoms. The molecule has 1 N–H and O–H groups in total. The first-order chi connectivity index (χ1) is 20.3. The number of carbonyl (C=O) groups excluding carboxylic acids is 2. The van der Waals surface area contributed by atoms with Crippen LogP contribution in [0, 0.1) is 5.41 Å². The maximum absolute atomic E-state index is 13.9. The molecule has 0 bridgehead atoms. The molecule has 4 aliphatic rings. The topological polar surface area (TPSA) is 87.5 Å². The van der Waals surface area contributed by atoms with Gasteiger partial charge in [-0.15, -0.1) is 0 Å². The first-order valence-electron chi connectivity index (χ1n) is 14.7. The van der Waals surface area contributed by atoms with Crippen molar-refractivity contribution in [3.63, 3.8) is 0 Å². The quantitative estimate of drug-likeness (QED) is 0.462. The number of fused-ring (bicyclic) bond motifs is 2. The maximum Gasteiger partial charge on any atom is 0.242 e. The van der Waals surface area contributed by atoms with Crippen molar-refractivity contribution in [2.75, 3.05) is 49.7 Å². The molecular weight excluding hydrogens is 532 g/mol. The summed E-state index contributed by atoms with van der Waals surface area (Å²) in [4.78, 5) is 34.0. The van der Waals surface area contributed by atoms with Gasteiger partial charge in [-0.3, -0.25) is 14.5 Å². The number of furan rings is 1. The first kappa shape index (κ1) is 26.6. The van der Waals surface area contributed by atoms with Crippen LogP contribution in [0.3, 0.4) is 0 Å². The second kappa shape index (κ2) is 10.5. The van der Waals surface area contributed by atoms with Crippen molar-refractivity contribution in [3.05, 3.63) is 83.5 Å². The second-order valence-corrected chi connectivity index (χ2v) is 12.4. The molecule has 3 aromatic rings. The number of amides is 1. The molecule has 2 aromatic carbocycles. The average Bonchev–Trinajstić information content (AvgIpc) is 3.64. The van der Waals surface area contributed by atoms with Crippen molar-refractivity contribution in [1.82, 2.24) is 9.80 Å². The Bertz CT molecular complexity index is 1540. The zero-order valence-electron chi connectivity index (χ0n) is 24.1. The molecular formula is C33H36N4O5. The van der Waals surface area contributed by atoms with Crippen molar-refractivity contribution in [1.29, 1.82) is 0 Å². The number of nitrogens with zero attached hydrogens (tertiary/aromatic N) is 3. The summed E-state index contributed by atoms with van der Waals surface area (Å²) in [6.07, 6.45) is 2.83. The highest BCUT2D eigenvalue weighted by Crippen LogP contribution is 2.48. The molecule has 1 fully saturated rings. The van der Waals surface area contributed by atoms with E-state index >= 15 is 0 Å². The number of ketones is 1. The number of anilines is 2. The highest BCUT2D eigenvalue weighted by atomic mass is 16.7. The number of ether oxygens (including phenoxy) is 2. The standard InChI is InChI=1S/C33H36N4O5/c1-33(2)17-24-31(26(38)18-33)32(28-8-5-15-40-28)37(25-7-4-3-6-23(25)34-24)20-30(39)36-13-11-35(12-14-36)19-22-9-10-27-29(16-22)42-21-41-27/h3-10,15-16,32,34H,11-14,17-21H2,1-2H3. The van der Waals surface area contributed by atoms with E-state index in [1.807, 2.05) is 53.4 Å². The fourth-order valence-electron chi connectivity index (χ4n) is 6.67. The number of hydrogen-bond acceptors (Lipinski definition) is 8. The van der Waals surface area contributed by atoms with E-state index < -0.39 is 6.04 Å². The molecule has 1 unspecified atom stereocenters. The molecule has 0 saturated carbocycles. The van der Waals surface area contributed by atoms with Crippen LogP contribution in [0.25, 0.3) is 0 Å². The van der Waals surface area contributed by atoms with Crippen LogP contribution in [-0.4, -0.2) is 61.0 Å². The minimum absolute atomic E-state index is 0.0386. The largest absolute Gasteiger partial charge is 0.467 e. The fraction of sp³-hybridized carbons (Fsp3) is 0.394. The molecule has 9 heteroatoms. The summed E-state index contributed by atoms with van der Waals surface area (Å²) >= 11 is 0. The van der Waals surface area contributed by atoms with Crippen molar-refractivity contribution in [3.8, 4) is 11.5 Å². The lowest BCUT2D eigenvalue weighted by atomic mass is 9.74. The Kier molecular flexibility index (Phi) is 6.69. The van der Waals surface area contributed by atoms with Crippen LogP contribution < -0.4 is 19.7 Å². The molecule has 218 valence electrons. The van der Waals surface area contributed by atoms with Crippen LogP contribution in [0.2, 0.25) is 0 Å². The molecule has 1 amide bonds. The Labute approximate surface area is 245 Å². The average molecular weight is 569 g/mol. The van der Waals surface area contributed by atoms with E-state index in [1.54, 1.807) is 6.26 Å². The van der Waals surface area contributed by atoms with Crippen molar-refractivity contribution in [2.45, 2.75) is 39.3 Å². The van der Waals surface area contributed by atoms with Gasteiger partial charge in [0.05, 0.1) is 24.2 Å². The molecule has 4 heterocycles. The van der Waals surface area contributed by atoms with Gasteiger partial charge in [-0.2, -0.15) is 0 Å². The highest BCUT2D eigenvalue weighted by Gasteiger charge is 2.43. The molecule has 9 nitrogen and oxygen atoms in total. The van der Waals surface area contributed by atoms with Crippen molar-refractivity contribution < 1.29 is 23.5 Å². The van der Waals surface area contributed by atoms with Crippen molar-refractivity contribution >= 4 is 23.1 Å². The van der Waals surface area contributed by atoms with Gasteiger partial charge in [-0.25, -0.2) is 0 Å². The highest BCUT2D eigenvalue weighted by molar-refractivity contribution is 6.01. The summed E-state index contributed by atoms with van der Waals surface area (Å²) in [6, 6.07) is 17.3. The van der Waals surface area contributed by atoms with E-state index in [0.29, 0.717) is 30.8 Å². The van der Waals surface area contributed by atoms with Gasteiger partial charge in [-0.1, -0.05) is 32.0 Å². The lowest BCUT2D eigenvalue weighted by Gasteiger charge is -2.39. The summed E-state index contributed by atoms with van der Waals surface area (Å²) in [5.41, 5.74) is 4.40. The Morgan fingerprint density at radius 1 is 0.976 bits per heavy atom. The van der Waals surface area contributed by atoms with E-state index in [-0.39, 0.29) is 30.4 Å². The predicted molar refractivity (Wildman–Crippen MR) is 158 cm³/mol. The number of piperazine rings is 1. The van der Waals surface area contributed by atoms with E-state index in [2.05, 4.69) is 35.0 Å². The van der Waals surface area contributed by atoms with Gasteiger partial charge in [0.2, 0.25) is 12.7 Å². The van der Waals surface area contributed by atoms with E-state index in [0.717, 1.165) is 54.6 Å². The lowest BCUT2D eigenvalue weighted by Crippen LogP contribution is -2.51. The Hall–Kier alpha value is -4.24. The molecule has 42 heavy (non-hydrogen) atoms. The monoisotopic (exact) mass is 568 g/mol. The first-order valence-corrected chi connectivity index (χ1v) is 14.7. The Morgan fingerprint density at radius 2 is 1.79 bits per heavy atom. The van der Waals surface area contributed by atoms with Gasteiger partial charge >= 0.3 is 0 Å². The number of rotatable bonds is 5. The SMILES string of the molecule is CC1(C)CC(=O)C2=C(C1)Nc1ccccc1N(CC(=O)N1CCN(Cc3ccc4c(c3)OCO4)CC1)C2c1ccco1. The normalized spacial score (nSPS) is 21.5. The summed E-state index contributed by atoms with van der Waals surface area (Å²) in [5.74, 6) is 2.37. The van der Waals surface area contributed by atoms with Crippen molar-refractivity contribution in [2.24, 2.45) is 5.41 Å². The molecule has 1 aromatic heterocycles. The van der Waals surface area contributed by atoms with Gasteiger partial charge in [0.25, 0.3) is 0 Å². The third kappa shape index (κ3) is 5.02. The number of para-hydroxylation sites is 2. The number of benzene rings is 2. The fourth-order valence-corrected chi connectivity index (χ4v) is 6.67. The number of carbonyl (C=O) groups is 2. The summed E-state index contributed by atoms with van der Waals surface area (Å²) < 4.78 is 16.9. The Morgan fingerprint density at radius 3 is 2.60 bits per heavy atom. The number of Topliss-reactive ketones (excluding diaryl/α,β-unsaturated/α-hetero) is 1.